The van der Waals surface area contributed by atoms with E-state index in [1.165, 1.54) is 50.1 Å². The highest BCUT2D eigenvalue weighted by atomic mass is 15.0. The van der Waals surface area contributed by atoms with Gasteiger partial charge in [0.25, 0.3) is 0 Å². The van der Waals surface area contributed by atoms with Gasteiger partial charge in [-0.2, -0.15) is 0 Å². The van der Waals surface area contributed by atoms with E-state index in [1.54, 1.807) is 0 Å². The van der Waals surface area contributed by atoms with Gasteiger partial charge in [-0.1, -0.05) is 59.7 Å². The number of aryl methyl sites for hydroxylation is 4. The van der Waals surface area contributed by atoms with E-state index in [0.29, 0.717) is 0 Å². The Balaban J connectivity index is 2.11. The van der Waals surface area contributed by atoms with E-state index in [9.17, 15) is 0 Å². The lowest BCUT2D eigenvalue weighted by atomic mass is 10.0. The van der Waals surface area contributed by atoms with Crippen LogP contribution in [-0.4, -0.2) is 4.57 Å². The monoisotopic (exact) mass is 325 g/mol. The average molecular weight is 325 g/mol. The summed E-state index contributed by atoms with van der Waals surface area (Å²) in [5.41, 5.74) is 10.3. The van der Waals surface area contributed by atoms with Crippen LogP contribution < -0.4 is 0 Å². The lowest BCUT2D eigenvalue weighted by Gasteiger charge is -2.18. The maximum atomic E-state index is 2.42. The largest absolute Gasteiger partial charge is 0.309 e. The molecular weight excluding hydrogens is 302 g/mol. The van der Waals surface area contributed by atoms with Gasteiger partial charge in [-0.3, -0.25) is 0 Å². The number of benzene rings is 3. The fraction of sp³-hybridized carbons (Fsp3) is 0.167. The van der Waals surface area contributed by atoms with Gasteiger partial charge < -0.3 is 4.57 Å². The van der Waals surface area contributed by atoms with Gasteiger partial charge in [0.1, 0.15) is 0 Å². The lowest BCUT2D eigenvalue weighted by Crippen LogP contribution is -2.02. The number of fused-ring (bicyclic) bond motifs is 1. The van der Waals surface area contributed by atoms with Crippen molar-refractivity contribution in [3.05, 3.63) is 89.0 Å². The van der Waals surface area contributed by atoms with E-state index in [1.807, 2.05) is 0 Å². The van der Waals surface area contributed by atoms with Gasteiger partial charge in [0.05, 0.1) is 16.9 Å². The predicted molar refractivity (Wildman–Crippen MR) is 108 cm³/mol. The van der Waals surface area contributed by atoms with Gasteiger partial charge in [0.15, 0.2) is 0 Å². The summed E-state index contributed by atoms with van der Waals surface area (Å²) in [4.78, 5) is 0. The normalized spacial score (nSPS) is 11.2. The molecule has 25 heavy (non-hydrogen) atoms. The molecule has 0 radical (unpaired) electrons. The van der Waals surface area contributed by atoms with Crippen molar-refractivity contribution in [3.8, 4) is 16.9 Å². The number of rotatable bonds is 2. The van der Waals surface area contributed by atoms with Crippen LogP contribution in [0.1, 0.15) is 22.3 Å². The Morgan fingerprint density at radius 3 is 2.08 bits per heavy atom. The van der Waals surface area contributed by atoms with Crippen LogP contribution in [0.4, 0.5) is 0 Å². The molecule has 0 unspecified atom stereocenters. The predicted octanol–water partition coefficient (Wildman–Crippen LogP) is 6.53. The molecule has 1 aromatic heterocycles. The zero-order valence-electron chi connectivity index (χ0n) is 15.3. The van der Waals surface area contributed by atoms with Crippen LogP contribution in [0.3, 0.4) is 0 Å². The van der Waals surface area contributed by atoms with Crippen molar-refractivity contribution >= 4 is 10.9 Å². The van der Waals surface area contributed by atoms with Crippen molar-refractivity contribution in [3.63, 3.8) is 0 Å². The summed E-state index contributed by atoms with van der Waals surface area (Å²) >= 11 is 0. The van der Waals surface area contributed by atoms with E-state index in [0.717, 1.165) is 0 Å². The van der Waals surface area contributed by atoms with E-state index in [-0.39, 0.29) is 0 Å². The van der Waals surface area contributed by atoms with Gasteiger partial charge in [-0.15, -0.1) is 0 Å². The summed E-state index contributed by atoms with van der Waals surface area (Å²) in [5, 5.41) is 1.28. The molecule has 0 N–H and O–H groups in total. The lowest BCUT2D eigenvalue weighted by molar-refractivity contribution is 1.08. The third-order valence-electron chi connectivity index (χ3n) is 4.88. The molecule has 0 amide bonds. The summed E-state index contributed by atoms with van der Waals surface area (Å²) < 4.78 is 2.42. The molecule has 1 heteroatoms. The first kappa shape index (κ1) is 15.7. The van der Waals surface area contributed by atoms with Crippen LogP contribution in [0.25, 0.3) is 27.8 Å². The zero-order valence-corrected chi connectivity index (χ0v) is 15.3. The van der Waals surface area contributed by atoms with Crippen LogP contribution in [0.15, 0.2) is 66.7 Å². The summed E-state index contributed by atoms with van der Waals surface area (Å²) in [7, 11) is 0. The molecule has 0 bridgehead atoms. The fourth-order valence-corrected chi connectivity index (χ4v) is 3.94. The Labute approximate surface area is 149 Å². The van der Waals surface area contributed by atoms with Crippen molar-refractivity contribution in [2.24, 2.45) is 0 Å². The molecule has 1 nitrogen and oxygen atoms in total. The Morgan fingerprint density at radius 2 is 1.36 bits per heavy atom. The van der Waals surface area contributed by atoms with Crippen molar-refractivity contribution in [1.29, 1.82) is 0 Å². The summed E-state index contributed by atoms with van der Waals surface area (Å²) in [6.45, 7) is 8.74. The smallest absolute Gasteiger partial charge is 0.0541 e. The zero-order chi connectivity index (χ0) is 17.6. The van der Waals surface area contributed by atoms with Crippen molar-refractivity contribution in [2.75, 3.05) is 0 Å². The molecule has 0 saturated carbocycles. The topological polar surface area (TPSA) is 4.93 Å². The number of para-hydroxylation sites is 1. The summed E-state index contributed by atoms with van der Waals surface area (Å²) in [6.07, 6.45) is 0. The Kier molecular flexibility index (Phi) is 3.73. The average Bonchev–Trinajstić information content (AvgIpc) is 2.94. The third kappa shape index (κ3) is 2.66. The minimum absolute atomic E-state index is 1.25. The van der Waals surface area contributed by atoms with Crippen LogP contribution >= 0.6 is 0 Å². The SMILES string of the molecule is Cc1cccc(-c2cc3ccccc3n2-c2c(C)cc(C)cc2C)c1. The Morgan fingerprint density at radius 1 is 0.640 bits per heavy atom. The molecule has 3 aromatic carbocycles. The van der Waals surface area contributed by atoms with Gasteiger partial charge in [0.2, 0.25) is 0 Å². The van der Waals surface area contributed by atoms with Crippen molar-refractivity contribution < 1.29 is 0 Å². The first-order chi connectivity index (χ1) is 12.0. The minimum atomic E-state index is 1.25. The second-order valence-electron chi connectivity index (χ2n) is 7.04. The van der Waals surface area contributed by atoms with Gasteiger partial charge in [-0.25, -0.2) is 0 Å². The Bertz CT molecular complexity index is 1060. The highest BCUT2D eigenvalue weighted by Crippen LogP contribution is 2.34. The van der Waals surface area contributed by atoms with E-state index < -0.39 is 0 Å². The molecule has 0 atom stereocenters. The van der Waals surface area contributed by atoms with Crippen LogP contribution in [0, 0.1) is 27.7 Å². The molecule has 124 valence electrons. The molecule has 4 rings (SSSR count). The number of aromatic nitrogens is 1. The standard InChI is InChI=1S/C24H23N/c1-16-8-7-10-20(14-16)23-15-21-9-5-6-11-22(21)25(23)24-18(3)12-17(2)13-19(24)4/h5-15H,1-4H3. The molecule has 4 aromatic rings. The molecule has 0 aliphatic heterocycles. The van der Waals surface area contributed by atoms with Crippen LogP contribution in [-0.2, 0) is 0 Å². The van der Waals surface area contributed by atoms with E-state index >= 15 is 0 Å². The highest BCUT2D eigenvalue weighted by molar-refractivity contribution is 5.89. The van der Waals surface area contributed by atoms with Crippen LogP contribution in [0.2, 0.25) is 0 Å². The second-order valence-corrected chi connectivity index (χ2v) is 7.04. The first-order valence-electron chi connectivity index (χ1n) is 8.80. The molecule has 0 saturated heterocycles. The van der Waals surface area contributed by atoms with E-state index in [4.69, 9.17) is 0 Å². The number of hydrogen-bond donors (Lipinski definition) is 0. The van der Waals surface area contributed by atoms with E-state index in [2.05, 4.69) is 99.0 Å². The summed E-state index contributed by atoms with van der Waals surface area (Å²) in [5.74, 6) is 0. The quantitative estimate of drug-likeness (QED) is 0.395. The van der Waals surface area contributed by atoms with Gasteiger partial charge in [0, 0.05) is 5.39 Å². The first-order valence-corrected chi connectivity index (χ1v) is 8.80. The third-order valence-corrected chi connectivity index (χ3v) is 4.88. The second kappa shape index (κ2) is 5.93. The molecule has 1 heterocycles. The fourth-order valence-electron chi connectivity index (χ4n) is 3.94. The number of nitrogens with zero attached hydrogens (tertiary/aromatic N) is 1. The van der Waals surface area contributed by atoms with Gasteiger partial charge >= 0.3 is 0 Å². The molecule has 0 fully saturated rings. The summed E-state index contributed by atoms with van der Waals surface area (Å²) in [6, 6.07) is 24.3. The van der Waals surface area contributed by atoms with Crippen LogP contribution in [0.5, 0.6) is 0 Å². The molecule has 0 aliphatic rings. The molecule has 0 aliphatic carbocycles. The minimum Gasteiger partial charge on any atom is -0.309 e. The molecular formula is C24H23N. The molecule has 0 spiro atoms. The maximum absolute atomic E-state index is 2.42. The van der Waals surface area contributed by atoms with Crippen molar-refractivity contribution in [1.82, 2.24) is 4.57 Å². The maximum Gasteiger partial charge on any atom is 0.0541 e. The van der Waals surface area contributed by atoms with Gasteiger partial charge in [-0.05, 0) is 62.6 Å². The highest BCUT2D eigenvalue weighted by Gasteiger charge is 2.15. The number of hydrogen-bond acceptors (Lipinski definition) is 0. The van der Waals surface area contributed by atoms with Crippen molar-refractivity contribution in [2.45, 2.75) is 27.7 Å². The Hall–Kier alpha value is -2.80.